The molecule has 2 atom stereocenters. The molecule has 92 valence electrons. The van der Waals surface area contributed by atoms with Crippen LogP contribution in [0, 0.1) is 0 Å². The standard InChI is InChI=1S/C15H15NO2/c1-9-11-7-3-5-10-6-4-8-12(13(10)11)15(9,2)14(17)16-18/h3-9,18H,1-2H3,(H,16,17)/t9-,15+/m0/s1. The number of nitrogens with one attached hydrogen (secondary N) is 1. The predicted octanol–water partition coefficient (Wildman–Crippen LogP) is 2.72. The van der Waals surface area contributed by atoms with Gasteiger partial charge < -0.3 is 0 Å². The second-order valence-corrected chi connectivity index (χ2v) is 5.12. The predicted molar refractivity (Wildman–Crippen MR) is 69.6 cm³/mol. The van der Waals surface area contributed by atoms with Gasteiger partial charge >= 0.3 is 0 Å². The fraction of sp³-hybridized carbons (Fsp3) is 0.267. The number of amides is 1. The van der Waals surface area contributed by atoms with Gasteiger partial charge in [-0.2, -0.15) is 0 Å². The van der Waals surface area contributed by atoms with Crippen LogP contribution in [0.4, 0.5) is 0 Å². The van der Waals surface area contributed by atoms with Crippen LogP contribution in [-0.2, 0) is 10.2 Å². The lowest BCUT2D eigenvalue weighted by Crippen LogP contribution is -2.42. The first kappa shape index (κ1) is 11.2. The van der Waals surface area contributed by atoms with Crippen LogP contribution in [-0.4, -0.2) is 11.1 Å². The van der Waals surface area contributed by atoms with Crippen LogP contribution in [0.5, 0.6) is 0 Å². The van der Waals surface area contributed by atoms with Gasteiger partial charge in [-0.3, -0.25) is 10.0 Å². The zero-order valence-corrected chi connectivity index (χ0v) is 10.4. The van der Waals surface area contributed by atoms with Crippen LogP contribution in [0.3, 0.4) is 0 Å². The molecular formula is C15H15NO2. The van der Waals surface area contributed by atoms with Crippen LogP contribution >= 0.6 is 0 Å². The highest BCUT2D eigenvalue weighted by atomic mass is 16.5. The molecule has 0 aromatic heterocycles. The molecule has 1 aliphatic carbocycles. The van der Waals surface area contributed by atoms with Gasteiger partial charge in [-0.1, -0.05) is 43.3 Å². The number of carbonyl (C=O) groups excluding carboxylic acids is 1. The van der Waals surface area contributed by atoms with E-state index in [4.69, 9.17) is 5.21 Å². The van der Waals surface area contributed by atoms with Crippen LogP contribution in [0.2, 0.25) is 0 Å². The van der Waals surface area contributed by atoms with E-state index in [1.165, 1.54) is 5.56 Å². The Labute approximate surface area is 105 Å². The highest BCUT2D eigenvalue weighted by Gasteiger charge is 2.47. The maximum absolute atomic E-state index is 12.1. The fourth-order valence-electron chi connectivity index (χ4n) is 3.14. The van der Waals surface area contributed by atoms with E-state index in [0.29, 0.717) is 0 Å². The molecule has 0 bridgehead atoms. The summed E-state index contributed by atoms with van der Waals surface area (Å²) in [7, 11) is 0. The molecule has 0 heterocycles. The quantitative estimate of drug-likeness (QED) is 0.595. The summed E-state index contributed by atoms with van der Waals surface area (Å²) in [5, 5.41) is 11.3. The average Bonchev–Trinajstić information content (AvgIpc) is 2.64. The van der Waals surface area contributed by atoms with Gasteiger partial charge in [0.1, 0.15) is 0 Å². The van der Waals surface area contributed by atoms with E-state index in [-0.39, 0.29) is 11.8 Å². The van der Waals surface area contributed by atoms with E-state index >= 15 is 0 Å². The van der Waals surface area contributed by atoms with Gasteiger partial charge in [-0.05, 0) is 28.8 Å². The third-order valence-corrected chi connectivity index (χ3v) is 4.40. The summed E-state index contributed by atoms with van der Waals surface area (Å²) in [6.45, 7) is 3.92. The summed E-state index contributed by atoms with van der Waals surface area (Å²) >= 11 is 0. The molecule has 0 unspecified atom stereocenters. The van der Waals surface area contributed by atoms with Gasteiger partial charge in [-0.25, -0.2) is 5.48 Å². The largest absolute Gasteiger partial charge is 0.289 e. The third kappa shape index (κ3) is 1.14. The van der Waals surface area contributed by atoms with Crippen LogP contribution < -0.4 is 5.48 Å². The van der Waals surface area contributed by atoms with Crippen molar-refractivity contribution in [1.29, 1.82) is 0 Å². The summed E-state index contributed by atoms with van der Waals surface area (Å²) in [6, 6.07) is 12.1. The molecule has 0 saturated carbocycles. The summed E-state index contributed by atoms with van der Waals surface area (Å²) in [4.78, 5) is 12.1. The Morgan fingerprint density at radius 1 is 1.28 bits per heavy atom. The normalized spacial score (nSPS) is 25.4. The maximum atomic E-state index is 12.1. The van der Waals surface area contributed by atoms with Crippen molar-refractivity contribution in [2.24, 2.45) is 0 Å². The van der Waals surface area contributed by atoms with Crippen LogP contribution in [0.15, 0.2) is 36.4 Å². The monoisotopic (exact) mass is 241 g/mol. The number of benzene rings is 2. The zero-order valence-electron chi connectivity index (χ0n) is 10.4. The number of hydrogen-bond donors (Lipinski definition) is 2. The smallest absolute Gasteiger partial charge is 0.254 e. The lowest BCUT2D eigenvalue weighted by Gasteiger charge is -2.28. The van der Waals surface area contributed by atoms with Gasteiger partial charge in [0.2, 0.25) is 0 Å². The molecule has 0 radical (unpaired) electrons. The Morgan fingerprint density at radius 2 is 1.94 bits per heavy atom. The van der Waals surface area contributed by atoms with E-state index < -0.39 is 5.41 Å². The van der Waals surface area contributed by atoms with E-state index in [1.54, 1.807) is 0 Å². The van der Waals surface area contributed by atoms with Crippen molar-refractivity contribution in [3.05, 3.63) is 47.5 Å². The van der Waals surface area contributed by atoms with Crippen LogP contribution in [0.1, 0.15) is 30.9 Å². The Kier molecular flexibility index (Phi) is 2.22. The molecule has 3 nitrogen and oxygen atoms in total. The molecule has 1 aliphatic rings. The topological polar surface area (TPSA) is 49.3 Å². The Hall–Kier alpha value is -1.87. The zero-order chi connectivity index (χ0) is 12.9. The van der Waals surface area contributed by atoms with E-state index in [2.05, 4.69) is 18.2 Å². The number of rotatable bonds is 1. The van der Waals surface area contributed by atoms with Gasteiger partial charge in [0.15, 0.2) is 0 Å². The first-order chi connectivity index (χ1) is 8.60. The van der Waals surface area contributed by atoms with E-state index in [9.17, 15) is 4.79 Å². The number of hydrogen-bond acceptors (Lipinski definition) is 2. The molecule has 2 aromatic rings. The molecule has 0 spiro atoms. The molecular weight excluding hydrogens is 226 g/mol. The highest BCUT2D eigenvalue weighted by molar-refractivity contribution is 6.01. The van der Waals surface area contributed by atoms with Gasteiger partial charge in [0, 0.05) is 5.92 Å². The van der Waals surface area contributed by atoms with Crippen molar-refractivity contribution in [3.63, 3.8) is 0 Å². The molecule has 0 saturated heterocycles. The van der Waals surface area contributed by atoms with Gasteiger partial charge in [-0.15, -0.1) is 0 Å². The highest BCUT2D eigenvalue weighted by Crippen LogP contribution is 2.50. The van der Waals surface area contributed by atoms with Crippen molar-refractivity contribution >= 4 is 16.7 Å². The Bertz CT molecular complexity index is 645. The maximum Gasteiger partial charge on any atom is 0.254 e. The fourth-order valence-corrected chi connectivity index (χ4v) is 3.14. The van der Waals surface area contributed by atoms with Crippen molar-refractivity contribution in [3.8, 4) is 0 Å². The van der Waals surface area contributed by atoms with Crippen molar-refractivity contribution in [2.75, 3.05) is 0 Å². The Morgan fingerprint density at radius 3 is 2.61 bits per heavy atom. The van der Waals surface area contributed by atoms with E-state index in [0.717, 1.165) is 16.3 Å². The van der Waals surface area contributed by atoms with Crippen molar-refractivity contribution < 1.29 is 10.0 Å². The number of carbonyl (C=O) groups is 1. The van der Waals surface area contributed by atoms with E-state index in [1.807, 2.05) is 37.5 Å². The summed E-state index contributed by atoms with van der Waals surface area (Å²) in [5.74, 6) is -0.301. The number of hydroxylamine groups is 1. The minimum absolute atomic E-state index is 0.0470. The second-order valence-electron chi connectivity index (χ2n) is 5.12. The molecule has 3 rings (SSSR count). The molecule has 3 heteroatoms. The second kappa shape index (κ2) is 3.56. The van der Waals surface area contributed by atoms with Crippen LogP contribution in [0.25, 0.3) is 10.8 Å². The van der Waals surface area contributed by atoms with Gasteiger partial charge in [0.05, 0.1) is 5.41 Å². The first-order valence-corrected chi connectivity index (χ1v) is 6.07. The molecule has 18 heavy (non-hydrogen) atoms. The minimum atomic E-state index is -0.710. The minimum Gasteiger partial charge on any atom is -0.289 e. The molecule has 0 fully saturated rings. The summed E-state index contributed by atoms with van der Waals surface area (Å²) < 4.78 is 0. The average molecular weight is 241 g/mol. The van der Waals surface area contributed by atoms with Crippen molar-refractivity contribution in [1.82, 2.24) is 5.48 Å². The third-order valence-electron chi connectivity index (χ3n) is 4.40. The molecule has 0 aliphatic heterocycles. The van der Waals surface area contributed by atoms with Gasteiger partial charge in [0.25, 0.3) is 5.91 Å². The molecule has 1 amide bonds. The summed E-state index contributed by atoms with van der Waals surface area (Å²) in [5.41, 5.74) is 3.28. The van der Waals surface area contributed by atoms with Crippen molar-refractivity contribution in [2.45, 2.75) is 25.2 Å². The molecule has 2 aromatic carbocycles. The lowest BCUT2D eigenvalue weighted by atomic mass is 9.75. The first-order valence-electron chi connectivity index (χ1n) is 6.07. The summed E-state index contributed by atoms with van der Waals surface area (Å²) in [6.07, 6.45) is 0. The SMILES string of the molecule is C[C@H]1c2cccc3cccc(c23)[C@]1(C)C(=O)NO. The lowest BCUT2D eigenvalue weighted by molar-refractivity contribution is -0.135. The molecule has 2 N–H and O–H groups in total. The Balaban J connectivity index is 2.38.